The maximum absolute atomic E-state index is 12.5. The van der Waals surface area contributed by atoms with Gasteiger partial charge in [-0.1, -0.05) is 0 Å². The van der Waals surface area contributed by atoms with E-state index < -0.39 is 0 Å². The summed E-state index contributed by atoms with van der Waals surface area (Å²) in [5.74, 6) is -0.00573. The second kappa shape index (κ2) is 7.58. The van der Waals surface area contributed by atoms with Gasteiger partial charge in [0, 0.05) is 24.8 Å². The smallest absolute Gasteiger partial charge is 0.273 e. The highest BCUT2D eigenvalue weighted by molar-refractivity contribution is 5.85. The molecule has 2 aromatic rings. The molecule has 1 aliphatic heterocycles. The van der Waals surface area contributed by atoms with Crippen molar-refractivity contribution < 1.29 is 4.79 Å². The van der Waals surface area contributed by atoms with Gasteiger partial charge in [0.15, 0.2) is 5.65 Å². The molecule has 3 N–H and O–H groups in total. The Hall–Kier alpha value is -1.86. The number of halogens is 1. The Balaban J connectivity index is 0.00000225. The second-order valence-electron chi connectivity index (χ2n) is 6.82. The van der Waals surface area contributed by atoms with Gasteiger partial charge in [0.25, 0.3) is 5.56 Å². The van der Waals surface area contributed by atoms with Crippen LogP contribution in [0.1, 0.15) is 36.6 Å². The van der Waals surface area contributed by atoms with Crippen molar-refractivity contribution in [1.82, 2.24) is 25.4 Å². The Morgan fingerprint density at radius 1 is 1.40 bits per heavy atom. The van der Waals surface area contributed by atoms with Crippen LogP contribution in [0.5, 0.6) is 0 Å². The molecule has 2 atom stereocenters. The van der Waals surface area contributed by atoms with E-state index in [9.17, 15) is 9.59 Å². The summed E-state index contributed by atoms with van der Waals surface area (Å²) in [7, 11) is 1.76. The summed E-state index contributed by atoms with van der Waals surface area (Å²) in [6.07, 6.45) is 2.15. The lowest BCUT2D eigenvalue weighted by Gasteiger charge is -2.28. The van der Waals surface area contributed by atoms with Crippen LogP contribution in [-0.2, 0) is 18.3 Å². The molecule has 0 aliphatic carbocycles. The van der Waals surface area contributed by atoms with Crippen LogP contribution in [0.15, 0.2) is 4.79 Å². The fourth-order valence-corrected chi connectivity index (χ4v) is 3.61. The lowest BCUT2D eigenvalue weighted by Crippen LogP contribution is -2.47. The number of carbonyl (C=O) groups is 1. The first-order chi connectivity index (χ1) is 11.4. The summed E-state index contributed by atoms with van der Waals surface area (Å²) in [6.45, 7) is 6.84. The number of aryl methyl sites for hydroxylation is 3. The van der Waals surface area contributed by atoms with Gasteiger partial charge >= 0.3 is 0 Å². The van der Waals surface area contributed by atoms with Gasteiger partial charge in [0.05, 0.1) is 11.8 Å². The van der Waals surface area contributed by atoms with Crippen LogP contribution in [-0.4, -0.2) is 39.3 Å². The minimum atomic E-state index is -0.161. The molecule has 8 heteroatoms. The molecule has 0 bridgehead atoms. The van der Waals surface area contributed by atoms with Gasteiger partial charge < -0.3 is 10.6 Å². The molecular weight excluding hydrogens is 342 g/mol. The summed E-state index contributed by atoms with van der Waals surface area (Å²) in [5, 5.41) is 9.80. The average Bonchev–Trinajstić information content (AvgIpc) is 2.78. The van der Waals surface area contributed by atoms with E-state index in [-0.39, 0.29) is 36.3 Å². The summed E-state index contributed by atoms with van der Waals surface area (Å²) in [5.41, 5.74) is 2.95. The van der Waals surface area contributed by atoms with Crippen LogP contribution < -0.4 is 16.2 Å². The lowest BCUT2D eigenvalue weighted by molar-refractivity contribution is -0.121. The fraction of sp³-hybridized carbons (Fsp3) is 0.588. The van der Waals surface area contributed by atoms with Crippen molar-refractivity contribution >= 4 is 29.3 Å². The predicted molar refractivity (Wildman–Crippen MR) is 100 cm³/mol. The Bertz CT molecular complexity index is 842. The number of hydrogen-bond acceptors (Lipinski definition) is 4. The number of aromatic amines is 1. The molecular formula is C17H26ClN5O2. The normalized spacial score (nSPS) is 20.3. The lowest BCUT2D eigenvalue weighted by atomic mass is 9.99. The topological polar surface area (TPSA) is 91.8 Å². The zero-order valence-corrected chi connectivity index (χ0v) is 15.9. The number of rotatable bonds is 3. The number of pyridine rings is 1. The standard InChI is InChI=1S/C17H25N5O2.ClH/c1-9-7-12(5-6-18-9)20-14(23)8-13-10(2)15-16(19-11(13)3)22(4)21-17(15)24;/h9,12,18H,5-8H2,1-4H3,(H,20,23)(H,21,24);1H. The van der Waals surface area contributed by atoms with Crippen molar-refractivity contribution in [3.63, 3.8) is 0 Å². The maximum atomic E-state index is 12.5. The van der Waals surface area contributed by atoms with Crippen LogP contribution in [0.4, 0.5) is 0 Å². The minimum absolute atomic E-state index is 0. The third-order valence-corrected chi connectivity index (χ3v) is 4.90. The van der Waals surface area contributed by atoms with Crippen molar-refractivity contribution in [3.05, 3.63) is 27.2 Å². The van der Waals surface area contributed by atoms with Crippen molar-refractivity contribution in [3.8, 4) is 0 Å². The van der Waals surface area contributed by atoms with E-state index in [0.29, 0.717) is 17.1 Å². The largest absolute Gasteiger partial charge is 0.353 e. The predicted octanol–water partition coefficient (Wildman–Crippen LogP) is 1.10. The van der Waals surface area contributed by atoms with Gasteiger partial charge in [-0.3, -0.25) is 19.4 Å². The van der Waals surface area contributed by atoms with Gasteiger partial charge in [-0.05, 0) is 51.3 Å². The highest BCUT2D eigenvalue weighted by atomic mass is 35.5. The third-order valence-electron chi connectivity index (χ3n) is 4.90. The minimum Gasteiger partial charge on any atom is -0.353 e. The van der Waals surface area contributed by atoms with E-state index in [1.165, 1.54) is 0 Å². The Morgan fingerprint density at radius 3 is 2.80 bits per heavy atom. The van der Waals surface area contributed by atoms with E-state index in [0.717, 1.165) is 36.2 Å². The van der Waals surface area contributed by atoms with Gasteiger partial charge in [-0.2, -0.15) is 0 Å². The molecule has 1 aliphatic rings. The molecule has 0 radical (unpaired) electrons. The molecule has 138 valence electrons. The third kappa shape index (κ3) is 3.88. The molecule has 1 fully saturated rings. The van der Waals surface area contributed by atoms with Crippen LogP contribution in [0, 0.1) is 13.8 Å². The van der Waals surface area contributed by atoms with Gasteiger partial charge in [-0.25, -0.2) is 4.98 Å². The fourth-order valence-electron chi connectivity index (χ4n) is 3.61. The summed E-state index contributed by atoms with van der Waals surface area (Å²) < 4.78 is 1.62. The highest BCUT2D eigenvalue weighted by Crippen LogP contribution is 2.20. The number of H-pyrrole nitrogens is 1. The van der Waals surface area contributed by atoms with Crippen LogP contribution >= 0.6 is 12.4 Å². The molecule has 7 nitrogen and oxygen atoms in total. The molecule has 2 aromatic heterocycles. The van der Waals surface area contributed by atoms with Crippen molar-refractivity contribution in [2.45, 2.75) is 52.1 Å². The van der Waals surface area contributed by atoms with E-state index in [1.807, 2.05) is 13.8 Å². The summed E-state index contributed by atoms with van der Waals surface area (Å²) in [4.78, 5) is 29.1. The number of hydrogen-bond donors (Lipinski definition) is 3. The quantitative estimate of drug-likeness (QED) is 0.757. The van der Waals surface area contributed by atoms with E-state index in [2.05, 4.69) is 27.6 Å². The van der Waals surface area contributed by atoms with Crippen molar-refractivity contribution in [2.24, 2.45) is 7.05 Å². The Morgan fingerprint density at radius 2 is 2.12 bits per heavy atom. The molecule has 2 unspecified atom stereocenters. The second-order valence-corrected chi connectivity index (χ2v) is 6.82. The first-order valence-electron chi connectivity index (χ1n) is 8.44. The van der Waals surface area contributed by atoms with E-state index in [1.54, 1.807) is 11.7 Å². The number of nitrogens with zero attached hydrogens (tertiary/aromatic N) is 2. The highest BCUT2D eigenvalue weighted by Gasteiger charge is 2.22. The maximum Gasteiger partial charge on any atom is 0.273 e. The first kappa shape index (κ1) is 19.5. The molecule has 25 heavy (non-hydrogen) atoms. The van der Waals surface area contributed by atoms with Crippen LogP contribution in [0.25, 0.3) is 11.0 Å². The summed E-state index contributed by atoms with van der Waals surface area (Å²) in [6, 6.07) is 0.639. The molecule has 3 heterocycles. The number of amides is 1. The van der Waals surface area contributed by atoms with Gasteiger partial charge in [-0.15, -0.1) is 12.4 Å². The Kier molecular flexibility index (Phi) is 5.90. The van der Waals surface area contributed by atoms with Crippen LogP contribution in [0.3, 0.4) is 0 Å². The zero-order valence-electron chi connectivity index (χ0n) is 15.1. The molecule has 0 spiro atoms. The molecule has 0 saturated carbocycles. The molecule has 0 aromatic carbocycles. The average molecular weight is 368 g/mol. The number of aromatic nitrogens is 3. The number of fused-ring (bicyclic) bond motifs is 1. The van der Waals surface area contributed by atoms with Gasteiger partial charge in [0.1, 0.15) is 0 Å². The van der Waals surface area contributed by atoms with Crippen molar-refractivity contribution in [1.29, 1.82) is 0 Å². The zero-order chi connectivity index (χ0) is 17.4. The van der Waals surface area contributed by atoms with Crippen molar-refractivity contribution in [2.75, 3.05) is 6.54 Å². The van der Waals surface area contributed by atoms with Crippen LogP contribution in [0.2, 0.25) is 0 Å². The SMILES string of the molecule is Cc1nc2c(c(C)c1CC(=O)NC1CCNC(C)C1)c(=O)[nH]n2C.Cl. The number of piperidine rings is 1. The monoisotopic (exact) mass is 367 g/mol. The number of nitrogens with one attached hydrogen (secondary N) is 3. The Labute approximate surface area is 153 Å². The van der Waals surface area contributed by atoms with E-state index in [4.69, 9.17) is 0 Å². The number of carbonyl (C=O) groups excluding carboxylic acids is 1. The molecule has 1 saturated heterocycles. The first-order valence-corrected chi connectivity index (χ1v) is 8.44. The van der Waals surface area contributed by atoms with E-state index >= 15 is 0 Å². The summed E-state index contributed by atoms with van der Waals surface area (Å²) >= 11 is 0. The molecule has 1 amide bonds. The van der Waals surface area contributed by atoms with Gasteiger partial charge in [0.2, 0.25) is 5.91 Å². The molecule has 3 rings (SSSR count).